The van der Waals surface area contributed by atoms with Gasteiger partial charge in [0, 0.05) is 0 Å². The molecule has 1 unspecified atom stereocenters. The highest BCUT2D eigenvalue weighted by atomic mass is 16.5. The third-order valence-electron chi connectivity index (χ3n) is 10.6. The smallest absolute Gasteiger partial charge is 0.330 e. The van der Waals surface area contributed by atoms with E-state index in [1.807, 2.05) is 12.1 Å². The molecule has 5 atom stereocenters. The molecule has 222 valence electrons. The molecule has 3 aliphatic rings. The van der Waals surface area contributed by atoms with E-state index in [-0.39, 0.29) is 18.5 Å². The molecule has 2 saturated carbocycles. The van der Waals surface area contributed by atoms with Crippen molar-refractivity contribution >= 4 is 17.8 Å². The monoisotopic (exact) mass is 554 g/mol. The number of esters is 1. The Labute approximate surface area is 239 Å². The molecular formula is C32H50N4O4. The minimum Gasteiger partial charge on any atom is -0.425 e. The number of rotatable bonds is 10. The second kappa shape index (κ2) is 11.8. The first-order chi connectivity index (χ1) is 18.8. The summed E-state index contributed by atoms with van der Waals surface area (Å²) < 4.78 is 5.67. The minimum absolute atomic E-state index is 0.145. The van der Waals surface area contributed by atoms with Gasteiger partial charge in [-0.05, 0) is 115 Å². The van der Waals surface area contributed by atoms with E-state index >= 15 is 0 Å². The average molecular weight is 555 g/mol. The predicted octanol–water partition coefficient (Wildman–Crippen LogP) is 3.65. The van der Waals surface area contributed by atoms with Gasteiger partial charge in [0.2, 0.25) is 11.8 Å². The molecule has 8 nitrogen and oxygen atoms in total. The standard InChI is InChI=1S/C32H50N4O4/c1-20-15-22(40-27(38)19-35-26(37)18-36-29(39)23(34)9-6-7-14-33)16-21-17-25-31(4)12-8-11-30(2,3)24(31)10-13-32(25,5)28(20)21/h15-16,23-25H,6-14,17-19,33-34H2,1-5H3,(H,35,37)(H,36,39)/t23?,24-,25+,31-,32+/m0/s1. The number of nitrogens with one attached hydrogen (secondary N) is 2. The number of fused-ring (bicyclic) bond motifs is 5. The summed E-state index contributed by atoms with van der Waals surface area (Å²) in [6, 6.07) is 3.33. The molecule has 40 heavy (non-hydrogen) atoms. The number of carbonyl (C=O) groups is 3. The summed E-state index contributed by atoms with van der Waals surface area (Å²) in [5, 5.41) is 5.04. The molecule has 0 aromatic heterocycles. The van der Waals surface area contributed by atoms with E-state index in [9.17, 15) is 14.4 Å². The Morgan fingerprint density at radius 2 is 1.77 bits per heavy atom. The van der Waals surface area contributed by atoms with Crippen molar-refractivity contribution in [3.8, 4) is 5.75 Å². The van der Waals surface area contributed by atoms with Crippen molar-refractivity contribution in [3.63, 3.8) is 0 Å². The Kier molecular flexibility index (Phi) is 9.00. The minimum atomic E-state index is -0.684. The summed E-state index contributed by atoms with van der Waals surface area (Å²) in [4.78, 5) is 36.8. The summed E-state index contributed by atoms with van der Waals surface area (Å²) in [7, 11) is 0. The highest BCUT2D eigenvalue weighted by Gasteiger charge is 2.61. The van der Waals surface area contributed by atoms with E-state index in [1.165, 1.54) is 48.8 Å². The van der Waals surface area contributed by atoms with Crippen molar-refractivity contribution in [2.45, 2.75) is 104 Å². The Balaban J connectivity index is 1.34. The maximum absolute atomic E-state index is 12.6. The van der Waals surface area contributed by atoms with Crippen LogP contribution in [0.25, 0.3) is 0 Å². The van der Waals surface area contributed by atoms with Gasteiger partial charge in [-0.3, -0.25) is 9.59 Å². The van der Waals surface area contributed by atoms with Crippen LogP contribution >= 0.6 is 0 Å². The average Bonchev–Trinajstić information content (AvgIpc) is 3.19. The van der Waals surface area contributed by atoms with Crippen molar-refractivity contribution in [2.24, 2.45) is 34.1 Å². The Hall–Kier alpha value is -2.45. The molecular weight excluding hydrogens is 504 g/mol. The van der Waals surface area contributed by atoms with E-state index in [2.05, 4.69) is 45.3 Å². The molecule has 0 aliphatic heterocycles. The number of ether oxygens (including phenoxy) is 1. The molecule has 0 saturated heterocycles. The van der Waals surface area contributed by atoms with Crippen molar-refractivity contribution in [1.82, 2.24) is 10.6 Å². The van der Waals surface area contributed by atoms with Crippen molar-refractivity contribution in [2.75, 3.05) is 19.6 Å². The van der Waals surface area contributed by atoms with Crippen LogP contribution in [0.1, 0.15) is 95.8 Å². The van der Waals surface area contributed by atoms with Crippen LogP contribution in [0.3, 0.4) is 0 Å². The van der Waals surface area contributed by atoms with Crippen molar-refractivity contribution in [1.29, 1.82) is 0 Å². The van der Waals surface area contributed by atoms with Crippen LogP contribution in [0, 0.1) is 29.6 Å². The first-order valence-corrected chi connectivity index (χ1v) is 15.2. The van der Waals surface area contributed by atoms with Gasteiger partial charge in [-0.15, -0.1) is 0 Å². The van der Waals surface area contributed by atoms with Crippen molar-refractivity contribution < 1.29 is 19.1 Å². The maximum Gasteiger partial charge on any atom is 0.330 e. The van der Waals surface area contributed by atoms with E-state index in [4.69, 9.17) is 16.2 Å². The molecule has 1 aromatic carbocycles. The lowest BCUT2D eigenvalue weighted by Gasteiger charge is -2.61. The second-order valence-corrected chi connectivity index (χ2v) is 13.7. The highest BCUT2D eigenvalue weighted by Crippen LogP contribution is 2.67. The van der Waals surface area contributed by atoms with E-state index in [0.29, 0.717) is 35.5 Å². The second-order valence-electron chi connectivity index (χ2n) is 13.7. The van der Waals surface area contributed by atoms with Gasteiger partial charge in [0.05, 0.1) is 12.6 Å². The van der Waals surface area contributed by atoms with E-state index in [0.717, 1.165) is 25.2 Å². The first-order valence-electron chi connectivity index (χ1n) is 15.2. The number of hydrogen-bond donors (Lipinski definition) is 4. The molecule has 0 bridgehead atoms. The van der Waals surface area contributed by atoms with E-state index < -0.39 is 23.8 Å². The Bertz CT molecular complexity index is 1130. The summed E-state index contributed by atoms with van der Waals surface area (Å²) in [5.41, 5.74) is 16.1. The summed E-state index contributed by atoms with van der Waals surface area (Å²) in [6.07, 6.45) is 9.45. The van der Waals surface area contributed by atoms with Crippen LogP contribution in [-0.2, 0) is 26.2 Å². The summed E-state index contributed by atoms with van der Waals surface area (Å²) in [6.45, 7) is 12.1. The number of hydrogen-bond acceptors (Lipinski definition) is 6. The molecule has 2 fully saturated rings. The van der Waals surface area contributed by atoms with Gasteiger partial charge >= 0.3 is 5.97 Å². The quantitative estimate of drug-likeness (QED) is 0.198. The van der Waals surface area contributed by atoms with Gasteiger partial charge in [0.25, 0.3) is 0 Å². The highest BCUT2D eigenvalue weighted by molar-refractivity contribution is 5.89. The third-order valence-corrected chi connectivity index (χ3v) is 10.6. The lowest BCUT2D eigenvalue weighted by Crippen LogP contribution is -2.55. The molecule has 6 N–H and O–H groups in total. The van der Waals surface area contributed by atoms with Crippen LogP contribution in [0.15, 0.2) is 12.1 Å². The lowest BCUT2D eigenvalue weighted by atomic mass is 9.43. The Morgan fingerprint density at radius 1 is 1.02 bits per heavy atom. The molecule has 8 heteroatoms. The number of nitrogens with two attached hydrogens (primary N) is 2. The number of carbonyl (C=O) groups excluding carboxylic acids is 3. The number of amides is 2. The molecule has 0 radical (unpaired) electrons. The molecule has 0 spiro atoms. The van der Waals surface area contributed by atoms with Crippen LogP contribution in [0.4, 0.5) is 0 Å². The van der Waals surface area contributed by atoms with Crippen LogP contribution in [0.5, 0.6) is 5.75 Å². The fourth-order valence-corrected chi connectivity index (χ4v) is 8.83. The molecule has 2 amide bonds. The number of benzene rings is 1. The fourth-order valence-electron chi connectivity index (χ4n) is 8.83. The van der Waals surface area contributed by atoms with Gasteiger partial charge in [-0.2, -0.15) is 0 Å². The fraction of sp³-hybridized carbons (Fsp3) is 0.719. The topological polar surface area (TPSA) is 137 Å². The summed E-state index contributed by atoms with van der Waals surface area (Å²) >= 11 is 0. The van der Waals surface area contributed by atoms with Crippen LogP contribution in [0.2, 0.25) is 0 Å². The molecule has 4 rings (SSSR count). The zero-order valence-corrected chi connectivity index (χ0v) is 25.2. The largest absolute Gasteiger partial charge is 0.425 e. The van der Waals surface area contributed by atoms with Gasteiger partial charge in [0.1, 0.15) is 12.3 Å². The molecule has 0 heterocycles. The molecule has 3 aliphatic carbocycles. The Morgan fingerprint density at radius 3 is 2.50 bits per heavy atom. The van der Waals surface area contributed by atoms with Gasteiger partial charge < -0.3 is 26.8 Å². The first kappa shape index (κ1) is 30.5. The van der Waals surface area contributed by atoms with Gasteiger partial charge in [-0.25, -0.2) is 4.79 Å². The predicted molar refractivity (Wildman–Crippen MR) is 157 cm³/mol. The maximum atomic E-state index is 12.6. The van der Waals surface area contributed by atoms with Gasteiger partial charge in [0.15, 0.2) is 0 Å². The van der Waals surface area contributed by atoms with Gasteiger partial charge in [-0.1, -0.05) is 40.5 Å². The van der Waals surface area contributed by atoms with Crippen LogP contribution < -0.4 is 26.8 Å². The van der Waals surface area contributed by atoms with Crippen molar-refractivity contribution in [3.05, 3.63) is 28.8 Å². The number of unbranched alkanes of at least 4 members (excludes halogenated alkanes) is 1. The third kappa shape index (κ3) is 5.94. The normalized spacial score (nSPS) is 29.0. The zero-order valence-electron chi connectivity index (χ0n) is 25.2. The summed E-state index contributed by atoms with van der Waals surface area (Å²) in [5.74, 6) is 0.440. The zero-order chi connectivity index (χ0) is 29.3. The van der Waals surface area contributed by atoms with Crippen LogP contribution in [-0.4, -0.2) is 43.5 Å². The lowest BCUT2D eigenvalue weighted by molar-refractivity contribution is -0.135. The number of aryl methyl sites for hydroxylation is 1. The van der Waals surface area contributed by atoms with E-state index in [1.54, 1.807) is 0 Å². The SMILES string of the molecule is Cc1cc(OC(=O)CNC(=O)CNC(=O)C(N)CCCCN)cc2c1[C@]1(C)CC[C@H]3C(C)(C)CCC[C@]3(C)[C@H]1C2. The molecule has 1 aromatic rings.